The van der Waals surface area contributed by atoms with Crippen LogP contribution in [0.15, 0.2) is 12.1 Å². The SMILES string of the molecule is CCCCCCC(=O)Oc1cc2c(c(OC(=O)CCCCCC)c1)CCCO2. The maximum absolute atomic E-state index is 12.2. The topological polar surface area (TPSA) is 61.8 Å². The number of benzene rings is 1. The van der Waals surface area contributed by atoms with Gasteiger partial charge in [-0.15, -0.1) is 0 Å². The van der Waals surface area contributed by atoms with E-state index >= 15 is 0 Å². The van der Waals surface area contributed by atoms with Crippen LogP contribution in [-0.2, 0) is 16.0 Å². The van der Waals surface area contributed by atoms with Crippen LogP contribution < -0.4 is 14.2 Å². The van der Waals surface area contributed by atoms with E-state index in [2.05, 4.69) is 13.8 Å². The van der Waals surface area contributed by atoms with Crippen LogP contribution in [0.3, 0.4) is 0 Å². The van der Waals surface area contributed by atoms with Crippen molar-refractivity contribution in [2.75, 3.05) is 6.61 Å². The van der Waals surface area contributed by atoms with E-state index in [9.17, 15) is 9.59 Å². The predicted molar refractivity (Wildman–Crippen MR) is 109 cm³/mol. The minimum atomic E-state index is -0.260. The van der Waals surface area contributed by atoms with Crippen LogP contribution in [0.1, 0.15) is 90.0 Å². The standard InChI is InChI=1S/C23H34O5/c1-3-5-7-9-13-22(24)27-18-16-20-19(12-11-15-26-20)21(17-18)28-23(25)14-10-8-6-4-2/h16-17H,3-15H2,1-2H3. The molecule has 28 heavy (non-hydrogen) atoms. The lowest BCUT2D eigenvalue weighted by Gasteiger charge is -2.21. The smallest absolute Gasteiger partial charge is 0.311 e. The van der Waals surface area contributed by atoms with Gasteiger partial charge in [-0.2, -0.15) is 0 Å². The summed E-state index contributed by atoms with van der Waals surface area (Å²) in [6.45, 7) is 4.89. The lowest BCUT2D eigenvalue weighted by Crippen LogP contribution is -2.15. The fourth-order valence-electron chi connectivity index (χ4n) is 3.30. The summed E-state index contributed by atoms with van der Waals surface area (Å²) < 4.78 is 16.8. The zero-order valence-corrected chi connectivity index (χ0v) is 17.4. The van der Waals surface area contributed by atoms with Gasteiger partial charge in [0.15, 0.2) is 0 Å². The molecule has 2 rings (SSSR count). The van der Waals surface area contributed by atoms with Crippen molar-refractivity contribution in [2.45, 2.75) is 90.9 Å². The Hall–Kier alpha value is -2.04. The fraction of sp³-hybridized carbons (Fsp3) is 0.652. The zero-order valence-electron chi connectivity index (χ0n) is 17.4. The third-order valence-corrected chi connectivity index (χ3v) is 4.89. The summed E-state index contributed by atoms with van der Waals surface area (Å²) in [5.41, 5.74) is 0.885. The molecule has 0 spiro atoms. The maximum Gasteiger partial charge on any atom is 0.311 e. The van der Waals surface area contributed by atoms with Crippen molar-refractivity contribution in [1.82, 2.24) is 0 Å². The van der Waals surface area contributed by atoms with Crippen molar-refractivity contribution in [3.05, 3.63) is 17.7 Å². The van der Waals surface area contributed by atoms with Gasteiger partial charge < -0.3 is 14.2 Å². The molecule has 1 aliphatic heterocycles. The summed E-state index contributed by atoms with van der Waals surface area (Å²) >= 11 is 0. The number of ether oxygens (including phenoxy) is 3. The Morgan fingerprint density at radius 3 is 2.18 bits per heavy atom. The Morgan fingerprint density at radius 1 is 0.893 bits per heavy atom. The van der Waals surface area contributed by atoms with E-state index in [1.807, 2.05) is 0 Å². The quantitative estimate of drug-likeness (QED) is 0.258. The summed E-state index contributed by atoms with van der Waals surface area (Å²) in [5.74, 6) is 0.994. The second-order valence-corrected chi connectivity index (χ2v) is 7.42. The monoisotopic (exact) mass is 390 g/mol. The maximum atomic E-state index is 12.2. The minimum Gasteiger partial charge on any atom is -0.493 e. The van der Waals surface area contributed by atoms with E-state index < -0.39 is 0 Å². The molecule has 0 bridgehead atoms. The van der Waals surface area contributed by atoms with Crippen molar-refractivity contribution in [3.63, 3.8) is 0 Å². The van der Waals surface area contributed by atoms with Gasteiger partial charge in [-0.1, -0.05) is 52.4 Å². The second kappa shape index (κ2) is 12.4. The Kier molecular flexibility index (Phi) is 9.87. The number of unbranched alkanes of at least 4 members (excludes halogenated alkanes) is 6. The van der Waals surface area contributed by atoms with Crippen molar-refractivity contribution in [1.29, 1.82) is 0 Å². The molecule has 0 aromatic heterocycles. The van der Waals surface area contributed by atoms with Gasteiger partial charge in [-0.25, -0.2) is 0 Å². The van der Waals surface area contributed by atoms with Gasteiger partial charge >= 0.3 is 11.9 Å². The molecule has 0 N–H and O–H groups in total. The van der Waals surface area contributed by atoms with E-state index in [-0.39, 0.29) is 11.9 Å². The number of carbonyl (C=O) groups is 2. The molecule has 0 atom stereocenters. The van der Waals surface area contributed by atoms with Crippen LogP contribution in [0.5, 0.6) is 17.2 Å². The van der Waals surface area contributed by atoms with Crippen molar-refractivity contribution >= 4 is 11.9 Å². The van der Waals surface area contributed by atoms with Crippen LogP contribution in [0, 0.1) is 0 Å². The summed E-state index contributed by atoms with van der Waals surface area (Å²) in [4.78, 5) is 24.3. The average Bonchev–Trinajstić information content (AvgIpc) is 2.68. The Bertz CT molecular complexity index is 638. The van der Waals surface area contributed by atoms with Gasteiger partial charge in [0.2, 0.25) is 0 Å². The Morgan fingerprint density at radius 2 is 1.54 bits per heavy atom. The molecule has 156 valence electrons. The predicted octanol–water partition coefficient (Wildman–Crippen LogP) is 5.76. The first kappa shape index (κ1) is 22.3. The number of fused-ring (bicyclic) bond motifs is 1. The highest BCUT2D eigenvalue weighted by molar-refractivity contribution is 5.75. The van der Waals surface area contributed by atoms with Crippen LogP contribution in [-0.4, -0.2) is 18.5 Å². The molecule has 0 radical (unpaired) electrons. The molecule has 5 heteroatoms. The first-order valence-corrected chi connectivity index (χ1v) is 10.8. The largest absolute Gasteiger partial charge is 0.493 e. The number of hydrogen-bond donors (Lipinski definition) is 0. The van der Waals surface area contributed by atoms with Crippen molar-refractivity contribution in [3.8, 4) is 17.2 Å². The first-order chi connectivity index (χ1) is 13.6. The van der Waals surface area contributed by atoms with E-state index in [1.165, 1.54) is 0 Å². The Balaban J connectivity index is 2.00. The minimum absolute atomic E-state index is 0.244. The van der Waals surface area contributed by atoms with Gasteiger partial charge in [0.05, 0.1) is 6.61 Å². The highest BCUT2D eigenvalue weighted by atomic mass is 16.5. The molecule has 1 aliphatic rings. The Labute approximate surface area is 168 Å². The molecule has 1 aromatic rings. The van der Waals surface area contributed by atoms with Gasteiger partial charge in [0, 0.05) is 30.5 Å². The van der Waals surface area contributed by atoms with Gasteiger partial charge in [0.1, 0.15) is 17.2 Å². The van der Waals surface area contributed by atoms with E-state index in [4.69, 9.17) is 14.2 Å². The van der Waals surface area contributed by atoms with Gasteiger partial charge in [-0.05, 0) is 25.7 Å². The average molecular weight is 391 g/mol. The van der Waals surface area contributed by atoms with E-state index in [1.54, 1.807) is 12.1 Å². The normalized spacial score (nSPS) is 12.8. The molecule has 0 amide bonds. The molecular formula is C23H34O5. The third kappa shape index (κ3) is 7.53. The highest BCUT2D eigenvalue weighted by Gasteiger charge is 2.20. The molecule has 0 fully saturated rings. The van der Waals surface area contributed by atoms with Crippen LogP contribution in [0.4, 0.5) is 0 Å². The lowest BCUT2D eigenvalue weighted by atomic mass is 10.0. The molecule has 1 aromatic carbocycles. The molecule has 0 aliphatic carbocycles. The summed E-state index contributed by atoms with van der Waals surface area (Å²) in [6, 6.07) is 3.39. The van der Waals surface area contributed by atoms with E-state index in [0.29, 0.717) is 36.7 Å². The molecule has 1 heterocycles. The summed E-state index contributed by atoms with van der Waals surface area (Å²) in [7, 11) is 0. The third-order valence-electron chi connectivity index (χ3n) is 4.89. The first-order valence-electron chi connectivity index (χ1n) is 10.8. The van der Waals surface area contributed by atoms with Crippen molar-refractivity contribution < 1.29 is 23.8 Å². The van der Waals surface area contributed by atoms with Gasteiger partial charge in [0.25, 0.3) is 0 Å². The number of hydrogen-bond acceptors (Lipinski definition) is 5. The van der Waals surface area contributed by atoms with Crippen LogP contribution in [0.25, 0.3) is 0 Å². The van der Waals surface area contributed by atoms with Crippen LogP contribution in [0.2, 0.25) is 0 Å². The number of rotatable bonds is 12. The number of carbonyl (C=O) groups excluding carboxylic acids is 2. The summed E-state index contributed by atoms with van der Waals surface area (Å²) in [5, 5.41) is 0. The molecule has 0 saturated heterocycles. The number of esters is 2. The zero-order chi connectivity index (χ0) is 20.2. The highest BCUT2D eigenvalue weighted by Crippen LogP contribution is 2.38. The molecule has 5 nitrogen and oxygen atoms in total. The van der Waals surface area contributed by atoms with Crippen LogP contribution >= 0.6 is 0 Å². The van der Waals surface area contributed by atoms with E-state index in [0.717, 1.165) is 69.8 Å². The fourth-order valence-corrected chi connectivity index (χ4v) is 3.30. The molecule has 0 saturated carbocycles. The molecule has 0 unspecified atom stereocenters. The summed E-state index contributed by atoms with van der Waals surface area (Å²) in [6.07, 6.45) is 10.7. The van der Waals surface area contributed by atoms with Crippen molar-refractivity contribution in [2.24, 2.45) is 0 Å². The second-order valence-electron chi connectivity index (χ2n) is 7.42. The lowest BCUT2D eigenvalue weighted by molar-refractivity contribution is -0.135. The molecular weight excluding hydrogens is 356 g/mol. The van der Waals surface area contributed by atoms with Gasteiger partial charge in [-0.3, -0.25) is 9.59 Å².